The summed E-state index contributed by atoms with van der Waals surface area (Å²) < 4.78 is 0. The number of para-hydroxylation sites is 1. The number of fused-ring (bicyclic) bond motifs is 1. The van der Waals surface area contributed by atoms with Gasteiger partial charge in [0, 0.05) is 16.1 Å². The minimum absolute atomic E-state index is 0.584. The fourth-order valence-electron chi connectivity index (χ4n) is 2.27. The molecule has 0 bridgehead atoms. The summed E-state index contributed by atoms with van der Waals surface area (Å²) in [4.78, 5) is 9.17. The third-order valence-corrected chi connectivity index (χ3v) is 3.94. The molecule has 23 heavy (non-hydrogen) atoms. The Bertz CT molecular complexity index is 881. The van der Waals surface area contributed by atoms with Gasteiger partial charge < -0.3 is 0 Å². The molecule has 1 heterocycles. The molecule has 0 saturated carbocycles. The Labute approximate surface area is 141 Å². The Morgan fingerprint density at radius 3 is 2.70 bits per heavy atom. The number of allylic oxidation sites excluding steroid dienone is 1. The number of aliphatic imine (C=N–C) groups is 1. The summed E-state index contributed by atoms with van der Waals surface area (Å²) in [6.45, 7) is 2.56. The quantitative estimate of drug-likeness (QED) is 0.577. The van der Waals surface area contributed by atoms with Gasteiger partial charge in [0.2, 0.25) is 0 Å². The standard InChI is InChI=1S/C20H17ClN2/c1-15(22-14-17-7-2-4-8-19(17)21)10-12-18-13-11-16-6-3-5-9-20(16)23-18/h2-13H,14H2,1H3/b12-10+,22-15?. The lowest BCUT2D eigenvalue weighted by molar-refractivity contribution is 1.07. The molecule has 0 N–H and O–H groups in total. The first-order valence-corrected chi connectivity index (χ1v) is 7.88. The van der Waals surface area contributed by atoms with E-state index in [9.17, 15) is 0 Å². The number of hydrogen-bond donors (Lipinski definition) is 0. The topological polar surface area (TPSA) is 25.2 Å². The predicted molar refractivity (Wildman–Crippen MR) is 99.0 cm³/mol. The molecule has 0 fully saturated rings. The van der Waals surface area contributed by atoms with Crippen LogP contribution in [0.3, 0.4) is 0 Å². The largest absolute Gasteiger partial charge is 0.285 e. The number of nitrogens with zero attached hydrogens (tertiary/aromatic N) is 2. The molecule has 3 aromatic rings. The Balaban J connectivity index is 1.73. The van der Waals surface area contributed by atoms with Crippen molar-refractivity contribution in [1.29, 1.82) is 0 Å². The molecule has 0 amide bonds. The summed E-state index contributed by atoms with van der Waals surface area (Å²) in [6, 6.07) is 20.0. The van der Waals surface area contributed by atoms with Crippen LogP contribution < -0.4 is 0 Å². The summed E-state index contributed by atoms with van der Waals surface area (Å²) >= 11 is 6.14. The number of benzene rings is 2. The minimum atomic E-state index is 0.584. The van der Waals surface area contributed by atoms with Crippen molar-refractivity contribution in [2.45, 2.75) is 13.5 Å². The summed E-state index contributed by atoms with van der Waals surface area (Å²) in [5.41, 5.74) is 3.90. The Morgan fingerprint density at radius 1 is 1.04 bits per heavy atom. The molecule has 0 aliphatic heterocycles. The van der Waals surface area contributed by atoms with Crippen molar-refractivity contribution in [2.24, 2.45) is 4.99 Å². The van der Waals surface area contributed by atoms with Gasteiger partial charge in [-0.2, -0.15) is 0 Å². The lowest BCUT2D eigenvalue weighted by Gasteiger charge is -2.00. The average molecular weight is 321 g/mol. The van der Waals surface area contributed by atoms with Gasteiger partial charge in [-0.1, -0.05) is 54.1 Å². The lowest BCUT2D eigenvalue weighted by Crippen LogP contribution is -1.90. The van der Waals surface area contributed by atoms with Crippen LogP contribution in [-0.4, -0.2) is 10.7 Å². The first-order valence-electron chi connectivity index (χ1n) is 7.51. The van der Waals surface area contributed by atoms with Gasteiger partial charge in [0.25, 0.3) is 0 Å². The van der Waals surface area contributed by atoms with Gasteiger partial charge in [-0.15, -0.1) is 0 Å². The second-order valence-corrected chi connectivity index (χ2v) is 5.72. The van der Waals surface area contributed by atoms with Crippen molar-refractivity contribution >= 4 is 34.3 Å². The smallest absolute Gasteiger partial charge is 0.0709 e. The zero-order valence-electron chi connectivity index (χ0n) is 12.9. The Kier molecular flexibility index (Phi) is 4.84. The maximum absolute atomic E-state index is 6.14. The van der Waals surface area contributed by atoms with Crippen LogP contribution in [0.2, 0.25) is 5.02 Å². The van der Waals surface area contributed by atoms with Gasteiger partial charge in [0.05, 0.1) is 17.8 Å². The molecule has 0 atom stereocenters. The van der Waals surface area contributed by atoms with E-state index in [1.165, 1.54) is 0 Å². The van der Waals surface area contributed by atoms with Gasteiger partial charge in [-0.05, 0) is 42.8 Å². The van der Waals surface area contributed by atoms with Crippen molar-refractivity contribution < 1.29 is 0 Å². The normalized spacial score (nSPS) is 12.2. The highest BCUT2D eigenvalue weighted by molar-refractivity contribution is 6.31. The van der Waals surface area contributed by atoms with Crippen LogP contribution in [0.4, 0.5) is 0 Å². The van der Waals surface area contributed by atoms with Crippen LogP contribution >= 0.6 is 11.6 Å². The summed E-state index contributed by atoms with van der Waals surface area (Å²) in [5.74, 6) is 0. The van der Waals surface area contributed by atoms with E-state index in [4.69, 9.17) is 11.6 Å². The second kappa shape index (κ2) is 7.21. The fourth-order valence-corrected chi connectivity index (χ4v) is 2.47. The molecule has 1 aromatic heterocycles. The van der Waals surface area contributed by atoms with Crippen molar-refractivity contribution in [3.05, 3.63) is 83.0 Å². The molecule has 0 aliphatic rings. The molecule has 2 aromatic carbocycles. The molecule has 0 radical (unpaired) electrons. The van der Waals surface area contributed by atoms with E-state index in [2.05, 4.69) is 22.1 Å². The summed E-state index contributed by atoms with van der Waals surface area (Å²) in [6.07, 6.45) is 3.96. The zero-order chi connectivity index (χ0) is 16.1. The first kappa shape index (κ1) is 15.4. The monoisotopic (exact) mass is 320 g/mol. The van der Waals surface area contributed by atoms with Crippen LogP contribution in [0.5, 0.6) is 0 Å². The molecular weight excluding hydrogens is 304 g/mol. The highest BCUT2D eigenvalue weighted by Crippen LogP contribution is 2.16. The van der Waals surface area contributed by atoms with Crippen molar-refractivity contribution in [1.82, 2.24) is 4.98 Å². The third kappa shape index (κ3) is 4.05. The minimum Gasteiger partial charge on any atom is -0.285 e. The van der Waals surface area contributed by atoms with E-state index in [-0.39, 0.29) is 0 Å². The molecule has 114 valence electrons. The van der Waals surface area contributed by atoms with E-state index in [0.29, 0.717) is 6.54 Å². The maximum Gasteiger partial charge on any atom is 0.0709 e. The SMILES string of the molecule is CC(/C=C/c1ccc2ccccc2n1)=NCc1ccccc1Cl. The molecule has 2 nitrogen and oxygen atoms in total. The van der Waals surface area contributed by atoms with Crippen LogP contribution in [0.15, 0.2) is 71.7 Å². The van der Waals surface area contributed by atoms with E-state index in [1.807, 2.05) is 67.6 Å². The average Bonchev–Trinajstić information content (AvgIpc) is 2.59. The van der Waals surface area contributed by atoms with Crippen molar-refractivity contribution in [2.75, 3.05) is 0 Å². The summed E-state index contributed by atoms with van der Waals surface area (Å²) in [5, 5.41) is 1.90. The molecule has 0 unspecified atom stereocenters. The summed E-state index contributed by atoms with van der Waals surface area (Å²) in [7, 11) is 0. The molecule has 0 aliphatic carbocycles. The van der Waals surface area contributed by atoms with Crippen LogP contribution in [-0.2, 0) is 6.54 Å². The second-order valence-electron chi connectivity index (χ2n) is 5.31. The fraction of sp³-hybridized carbons (Fsp3) is 0.100. The molecule has 3 heteroatoms. The third-order valence-electron chi connectivity index (χ3n) is 3.57. The highest BCUT2D eigenvalue weighted by Gasteiger charge is 1.97. The molecule has 3 rings (SSSR count). The number of aromatic nitrogens is 1. The molecule has 0 saturated heterocycles. The van der Waals surface area contributed by atoms with Crippen molar-refractivity contribution in [3.63, 3.8) is 0 Å². The predicted octanol–water partition coefficient (Wildman–Crippen LogP) is 5.56. The molecule has 0 spiro atoms. The Morgan fingerprint density at radius 2 is 1.83 bits per heavy atom. The first-order chi connectivity index (χ1) is 11.2. The molecular formula is C20H17ClN2. The number of pyridine rings is 1. The number of hydrogen-bond acceptors (Lipinski definition) is 2. The number of halogens is 1. The van der Waals surface area contributed by atoms with E-state index in [1.54, 1.807) is 0 Å². The zero-order valence-corrected chi connectivity index (χ0v) is 13.7. The van der Waals surface area contributed by atoms with Gasteiger partial charge in [-0.25, -0.2) is 4.98 Å². The van der Waals surface area contributed by atoms with Crippen molar-refractivity contribution in [3.8, 4) is 0 Å². The Hall–Kier alpha value is -2.45. The lowest BCUT2D eigenvalue weighted by atomic mass is 10.2. The maximum atomic E-state index is 6.14. The number of rotatable bonds is 4. The van der Waals surface area contributed by atoms with Gasteiger partial charge >= 0.3 is 0 Å². The van der Waals surface area contributed by atoms with E-state index >= 15 is 0 Å². The van der Waals surface area contributed by atoms with Crippen LogP contribution in [0, 0.1) is 0 Å². The van der Waals surface area contributed by atoms with Gasteiger partial charge in [0.15, 0.2) is 0 Å². The van der Waals surface area contributed by atoms with Crippen LogP contribution in [0.1, 0.15) is 18.2 Å². The van der Waals surface area contributed by atoms with E-state index < -0.39 is 0 Å². The highest BCUT2D eigenvalue weighted by atomic mass is 35.5. The van der Waals surface area contributed by atoms with Gasteiger partial charge in [0.1, 0.15) is 0 Å². The van der Waals surface area contributed by atoms with Gasteiger partial charge in [-0.3, -0.25) is 4.99 Å². The van der Waals surface area contributed by atoms with Crippen LogP contribution in [0.25, 0.3) is 17.0 Å². The van der Waals surface area contributed by atoms with E-state index in [0.717, 1.165) is 32.9 Å².